The second-order valence-corrected chi connectivity index (χ2v) is 4.94. The van der Waals surface area contributed by atoms with E-state index in [0.717, 1.165) is 4.88 Å². The van der Waals surface area contributed by atoms with Crippen LogP contribution in [0.2, 0.25) is 0 Å². The molecule has 2 rings (SSSR count). The fourth-order valence-electron chi connectivity index (χ4n) is 1.60. The van der Waals surface area contributed by atoms with E-state index in [9.17, 15) is 13.9 Å². The summed E-state index contributed by atoms with van der Waals surface area (Å²) in [6.07, 6.45) is -0.774. The van der Waals surface area contributed by atoms with E-state index >= 15 is 0 Å². The minimum Gasteiger partial charge on any atom is -0.386 e. The molecule has 0 saturated heterocycles. The van der Waals surface area contributed by atoms with Crippen molar-refractivity contribution in [2.75, 3.05) is 11.9 Å². The molecule has 96 valence electrons. The number of hydrogen-bond acceptors (Lipinski definition) is 3. The van der Waals surface area contributed by atoms with Crippen molar-refractivity contribution in [1.29, 1.82) is 0 Å². The van der Waals surface area contributed by atoms with Crippen LogP contribution in [0.1, 0.15) is 16.5 Å². The average Bonchev–Trinajstić information content (AvgIpc) is 2.87. The highest BCUT2D eigenvalue weighted by atomic mass is 32.1. The molecule has 0 aliphatic heterocycles. The van der Waals surface area contributed by atoms with Crippen LogP contribution >= 0.6 is 11.3 Å². The van der Waals surface area contributed by atoms with E-state index in [-0.39, 0.29) is 12.2 Å². The summed E-state index contributed by atoms with van der Waals surface area (Å²) in [7, 11) is 0. The molecule has 1 atom stereocenters. The average molecular weight is 269 g/mol. The molecular weight excluding hydrogens is 256 g/mol. The van der Waals surface area contributed by atoms with E-state index < -0.39 is 17.7 Å². The minimum absolute atomic E-state index is 0.0673. The third kappa shape index (κ3) is 2.68. The lowest BCUT2D eigenvalue weighted by molar-refractivity contribution is 0.195. The number of benzene rings is 1. The molecule has 2 N–H and O–H groups in total. The van der Waals surface area contributed by atoms with Crippen LogP contribution in [0.5, 0.6) is 0 Å². The van der Waals surface area contributed by atoms with Gasteiger partial charge in [-0.25, -0.2) is 8.78 Å². The summed E-state index contributed by atoms with van der Waals surface area (Å²) in [5, 5.41) is 14.3. The summed E-state index contributed by atoms with van der Waals surface area (Å²) in [5.41, 5.74) is 0.176. The highest BCUT2D eigenvalue weighted by Gasteiger charge is 2.14. The number of aliphatic hydroxyl groups is 1. The molecule has 0 aliphatic carbocycles. The Labute approximate surface area is 108 Å². The van der Waals surface area contributed by atoms with Gasteiger partial charge in [0.15, 0.2) is 5.82 Å². The molecule has 0 aliphatic rings. The Morgan fingerprint density at radius 2 is 2.11 bits per heavy atom. The fourth-order valence-corrected chi connectivity index (χ4v) is 2.31. The van der Waals surface area contributed by atoms with Crippen LogP contribution < -0.4 is 5.32 Å². The van der Waals surface area contributed by atoms with Crippen LogP contribution in [-0.2, 0) is 0 Å². The van der Waals surface area contributed by atoms with Crippen LogP contribution in [0.25, 0.3) is 0 Å². The predicted molar refractivity (Wildman–Crippen MR) is 68.9 cm³/mol. The second-order valence-electron chi connectivity index (χ2n) is 3.97. The van der Waals surface area contributed by atoms with Crippen molar-refractivity contribution in [3.63, 3.8) is 0 Å². The Bertz CT molecular complexity index is 528. The summed E-state index contributed by atoms with van der Waals surface area (Å²) in [5.74, 6) is -1.27. The second kappa shape index (κ2) is 5.46. The molecule has 2 aromatic rings. The van der Waals surface area contributed by atoms with Gasteiger partial charge in [-0.05, 0) is 30.0 Å². The lowest BCUT2D eigenvalue weighted by atomic mass is 10.2. The zero-order valence-corrected chi connectivity index (χ0v) is 10.6. The van der Waals surface area contributed by atoms with Gasteiger partial charge in [-0.15, -0.1) is 11.3 Å². The Morgan fingerprint density at radius 1 is 1.33 bits per heavy atom. The molecular formula is C13H13F2NOS. The molecule has 0 spiro atoms. The number of rotatable bonds is 4. The first-order valence-corrected chi connectivity index (χ1v) is 6.37. The summed E-state index contributed by atoms with van der Waals surface area (Å²) < 4.78 is 27.1. The number of aryl methyl sites for hydroxylation is 1. The maximum atomic E-state index is 13.7. The fraction of sp³-hybridized carbons (Fsp3) is 0.231. The van der Waals surface area contributed by atoms with Crippen molar-refractivity contribution in [1.82, 2.24) is 0 Å². The van der Waals surface area contributed by atoms with E-state index in [4.69, 9.17) is 0 Å². The monoisotopic (exact) mass is 269 g/mol. The highest BCUT2D eigenvalue weighted by molar-refractivity contribution is 7.10. The molecule has 0 saturated carbocycles. The molecule has 0 radical (unpaired) electrons. The topological polar surface area (TPSA) is 32.3 Å². The Kier molecular flexibility index (Phi) is 3.93. The van der Waals surface area contributed by atoms with Gasteiger partial charge in [0.25, 0.3) is 0 Å². The van der Waals surface area contributed by atoms with Gasteiger partial charge in [-0.2, -0.15) is 0 Å². The van der Waals surface area contributed by atoms with Gasteiger partial charge in [0, 0.05) is 11.4 Å². The van der Waals surface area contributed by atoms with E-state index in [2.05, 4.69) is 5.32 Å². The number of halogens is 2. The van der Waals surface area contributed by atoms with Gasteiger partial charge >= 0.3 is 0 Å². The van der Waals surface area contributed by atoms with Crippen molar-refractivity contribution < 1.29 is 13.9 Å². The summed E-state index contributed by atoms with van der Waals surface area (Å²) in [6, 6.07) is 6.18. The molecule has 0 fully saturated rings. The Balaban J connectivity index is 2.09. The first-order chi connectivity index (χ1) is 8.59. The molecule has 1 aromatic heterocycles. The summed E-state index contributed by atoms with van der Waals surface area (Å²) in [4.78, 5) is 0.760. The van der Waals surface area contributed by atoms with Gasteiger partial charge in [0.05, 0.1) is 0 Å². The van der Waals surface area contributed by atoms with Crippen LogP contribution in [0.4, 0.5) is 14.5 Å². The molecule has 0 amide bonds. The van der Waals surface area contributed by atoms with Gasteiger partial charge in [-0.1, -0.05) is 12.1 Å². The third-order valence-corrected chi connectivity index (χ3v) is 3.60. The van der Waals surface area contributed by atoms with E-state index in [1.165, 1.54) is 23.5 Å². The normalized spacial score (nSPS) is 12.4. The third-order valence-electron chi connectivity index (χ3n) is 2.63. The zero-order valence-electron chi connectivity index (χ0n) is 9.78. The number of hydrogen-bond donors (Lipinski definition) is 2. The van der Waals surface area contributed by atoms with E-state index in [1.807, 2.05) is 11.4 Å². The van der Waals surface area contributed by atoms with Crippen molar-refractivity contribution in [2.45, 2.75) is 13.0 Å². The SMILES string of the molecule is Cc1ccc(F)c(NCC(O)c2cccs2)c1F. The van der Waals surface area contributed by atoms with Crippen molar-refractivity contribution in [3.05, 3.63) is 51.7 Å². The van der Waals surface area contributed by atoms with E-state index in [1.54, 1.807) is 13.0 Å². The quantitative estimate of drug-likeness (QED) is 0.890. The number of nitrogens with one attached hydrogen (secondary N) is 1. The standard InChI is InChI=1S/C13H13F2NOS/c1-8-4-5-9(14)13(12(8)15)16-7-10(17)11-3-2-6-18-11/h2-6,10,16-17H,7H2,1H3. The van der Waals surface area contributed by atoms with Gasteiger partial charge in [0.1, 0.15) is 17.6 Å². The first-order valence-electron chi connectivity index (χ1n) is 5.49. The summed E-state index contributed by atoms with van der Waals surface area (Å²) >= 11 is 1.40. The van der Waals surface area contributed by atoms with Crippen molar-refractivity contribution >= 4 is 17.0 Å². The molecule has 1 unspecified atom stereocenters. The lowest BCUT2D eigenvalue weighted by Crippen LogP contribution is -2.13. The van der Waals surface area contributed by atoms with Crippen LogP contribution in [0.15, 0.2) is 29.6 Å². The summed E-state index contributed by atoms with van der Waals surface area (Å²) in [6.45, 7) is 1.63. The van der Waals surface area contributed by atoms with Crippen LogP contribution in [0.3, 0.4) is 0 Å². The zero-order chi connectivity index (χ0) is 13.1. The van der Waals surface area contributed by atoms with Crippen LogP contribution in [-0.4, -0.2) is 11.7 Å². The number of thiophene rings is 1. The predicted octanol–water partition coefficient (Wildman–Crippen LogP) is 3.48. The van der Waals surface area contributed by atoms with E-state index in [0.29, 0.717) is 5.56 Å². The Hall–Kier alpha value is -1.46. The highest BCUT2D eigenvalue weighted by Crippen LogP contribution is 2.24. The molecule has 18 heavy (non-hydrogen) atoms. The van der Waals surface area contributed by atoms with Gasteiger partial charge in [-0.3, -0.25) is 0 Å². The van der Waals surface area contributed by atoms with Crippen molar-refractivity contribution in [3.8, 4) is 0 Å². The first kappa shape index (κ1) is 13.0. The lowest BCUT2D eigenvalue weighted by Gasteiger charge is -2.13. The largest absolute Gasteiger partial charge is 0.386 e. The molecule has 1 heterocycles. The molecule has 0 bridgehead atoms. The molecule has 1 aromatic carbocycles. The van der Waals surface area contributed by atoms with Crippen molar-refractivity contribution in [2.24, 2.45) is 0 Å². The maximum Gasteiger partial charge on any atom is 0.152 e. The maximum absolute atomic E-state index is 13.7. The van der Waals surface area contributed by atoms with Gasteiger partial charge < -0.3 is 10.4 Å². The molecule has 5 heteroatoms. The van der Waals surface area contributed by atoms with Gasteiger partial charge in [0.2, 0.25) is 0 Å². The Morgan fingerprint density at radius 3 is 2.78 bits per heavy atom. The molecule has 2 nitrogen and oxygen atoms in total. The number of anilines is 1. The number of aliphatic hydroxyl groups excluding tert-OH is 1. The minimum atomic E-state index is -0.774. The smallest absolute Gasteiger partial charge is 0.152 e. The van der Waals surface area contributed by atoms with Crippen LogP contribution in [0, 0.1) is 18.6 Å².